The van der Waals surface area contributed by atoms with Crippen LogP contribution >= 0.6 is 0 Å². The van der Waals surface area contributed by atoms with Gasteiger partial charge in [0.1, 0.15) is 5.82 Å². The minimum Gasteiger partial charge on any atom is -0.389 e. The Morgan fingerprint density at radius 3 is 2.39 bits per heavy atom. The first kappa shape index (κ1) is 21.5. The molecule has 1 atom stereocenters. The zero-order chi connectivity index (χ0) is 20.5. The molecule has 3 N–H and O–H groups in total. The maximum atomic E-state index is 9.70. The number of nitrogens with zero attached hydrogens (tertiary/aromatic N) is 1. The molecule has 0 saturated heterocycles. The van der Waals surface area contributed by atoms with E-state index in [1.165, 1.54) is 16.7 Å². The van der Waals surface area contributed by atoms with Crippen molar-refractivity contribution >= 4 is 11.5 Å². The summed E-state index contributed by atoms with van der Waals surface area (Å²) in [6.45, 7) is 8.60. The largest absolute Gasteiger partial charge is 0.389 e. The summed E-state index contributed by atoms with van der Waals surface area (Å²) in [5.74, 6) is 0.909. The second-order valence-corrected chi connectivity index (χ2v) is 6.43. The first-order valence-electron chi connectivity index (χ1n) is 9.83. The third-order valence-electron chi connectivity index (χ3n) is 4.57. The van der Waals surface area contributed by atoms with E-state index in [1.807, 2.05) is 57.4 Å². The van der Waals surface area contributed by atoms with Crippen molar-refractivity contribution in [2.75, 3.05) is 17.7 Å². The maximum absolute atomic E-state index is 9.70. The van der Waals surface area contributed by atoms with Crippen molar-refractivity contribution in [3.05, 3.63) is 77.5 Å². The molecule has 0 aliphatic carbocycles. The SMILES string of the molecule is CC.CNc1nccc(-c2ccc(CNc3cccc(C(C)O)c3)cc2)c1C. The molecular formula is C24H31N3O. The van der Waals surface area contributed by atoms with Gasteiger partial charge in [-0.25, -0.2) is 4.98 Å². The first-order chi connectivity index (χ1) is 13.6. The summed E-state index contributed by atoms with van der Waals surface area (Å²) in [4.78, 5) is 4.34. The van der Waals surface area contributed by atoms with Crippen LogP contribution in [0.5, 0.6) is 0 Å². The van der Waals surface area contributed by atoms with Crippen LogP contribution < -0.4 is 10.6 Å². The highest BCUT2D eigenvalue weighted by atomic mass is 16.3. The van der Waals surface area contributed by atoms with Crippen LogP contribution in [-0.4, -0.2) is 17.1 Å². The van der Waals surface area contributed by atoms with Gasteiger partial charge in [0.2, 0.25) is 0 Å². The van der Waals surface area contributed by atoms with E-state index in [2.05, 4.69) is 46.8 Å². The number of pyridine rings is 1. The number of benzene rings is 2. The van der Waals surface area contributed by atoms with E-state index in [4.69, 9.17) is 0 Å². The molecule has 0 aliphatic rings. The molecule has 2 aromatic carbocycles. The Balaban J connectivity index is 0.00000136. The molecule has 3 aromatic rings. The highest BCUT2D eigenvalue weighted by molar-refractivity contribution is 5.71. The third-order valence-corrected chi connectivity index (χ3v) is 4.57. The van der Waals surface area contributed by atoms with Crippen LogP contribution in [0.1, 0.15) is 43.6 Å². The number of hydrogen-bond donors (Lipinski definition) is 3. The lowest BCUT2D eigenvalue weighted by atomic mass is 10.0. The fourth-order valence-corrected chi connectivity index (χ4v) is 3.02. The van der Waals surface area contributed by atoms with Gasteiger partial charge in [0, 0.05) is 25.5 Å². The summed E-state index contributed by atoms with van der Waals surface area (Å²) < 4.78 is 0. The second-order valence-electron chi connectivity index (χ2n) is 6.43. The van der Waals surface area contributed by atoms with Gasteiger partial charge >= 0.3 is 0 Å². The average Bonchev–Trinajstić information content (AvgIpc) is 2.74. The predicted molar refractivity (Wildman–Crippen MR) is 120 cm³/mol. The molecular weight excluding hydrogens is 346 g/mol. The second kappa shape index (κ2) is 10.5. The van der Waals surface area contributed by atoms with Crippen molar-refractivity contribution in [3.8, 4) is 11.1 Å². The molecule has 4 nitrogen and oxygen atoms in total. The highest BCUT2D eigenvalue weighted by Gasteiger charge is 2.06. The van der Waals surface area contributed by atoms with Gasteiger partial charge in [0.15, 0.2) is 0 Å². The number of hydrogen-bond acceptors (Lipinski definition) is 4. The van der Waals surface area contributed by atoms with Crippen LogP contribution in [0.25, 0.3) is 11.1 Å². The van der Waals surface area contributed by atoms with Gasteiger partial charge < -0.3 is 15.7 Å². The fourth-order valence-electron chi connectivity index (χ4n) is 3.02. The Kier molecular flexibility index (Phi) is 8.02. The minimum absolute atomic E-state index is 0.456. The maximum Gasteiger partial charge on any atom is 0.129 e. The molecule has 0 bridgehead atoms. The Morgan fingerprint density at radius 2 is 1.75 bits per heavy atom. The molecule has 0 spiro atoms. The normalized spacial score (nSPS) is 11.2. The van der Waals surface area contributed by atoms with Crippen molar-refractivity contribution in [1.82, 2.24) is 4.98 Å². The number of anilines is 2. The van der Waals surface area contributed by atoms with Gasteiger partial charge in [0.05, 0.1) is 6.10 Å². The molecule has 1 unspecified atom stereocenters. The van der Waals surface area contributed by atoms with E-state index >= 15 is 0 Å². The van der Waals surface area contributed by atoms with E-state index in [0.717, 1.165) is 29.2 Å². The smallest absolute Gasteiger partial charge is 0.129 e. The fraction of sp³-hybridized carbons (Fsp3) is 0.292. The quantitative estimate of drug-likeness (QED) is 0.509. The Bertz CT molecular complexity index is 873. The van der Waals surface area contributed by atoms with Crippen LogP contribution in [-0.2, 0) is 6.54 Å². The lowest BCUT2D eigenvalue weighted by Gasteiger charge is -2.12. The Morgan fingerprint density at radius 1 is 1.04 bits per heavy atom. The Labute approximate surface area is 168 Å². The molecule has 4 heteroatoms. The molecule has 0 fully saturated rings. The average molecular weight is 378 g/mol. The van der Waals surface area contributed by atoms with E-state index in [0.29, 0.717) is 0 Å². The molecule has 1 aromatic heterocycles. The van der Waals surface area contributed by atoms with E-state index in [1.54, 1.807) is 6.92 Å². The zero-order valence-corrected chi connectivity index (χ0v) is 17.5. The summed E-state index contributed by atoms with van der Waals surface area (Å²) in [5, 5.41) is 16.2. The monoisotopic (exact) mass is 377 g/mol. The molecule has 0 aliphatic heterocycles. The van der Waals surface area contributed by atoms with Crippen LogP contribution in [0.4, 0.5) is 11.5 Å². The molecule has 28 heavy (non-hydrogen) atoms. The molecule has 1 heterocycles. The van der Waals surface area contributed by atoms with Crippen molar-refractivity contribution in [3.63, 3.8) is 0 Å². The number of aliphatic hydroxyl groups excluding tert-OH is 1. The van der Waals surface area contributed by atoms with Crippen LogP contribution in [0.2, 0.25) is 0 Å². The summed E-state index contributed by atoms with van der Waals surface area (Å²) >= 11 is 0. The zero-order valence-electron chi connectivity index (χ0n) is 17.5. The lowest BCUT2D eigenvalue weighted by molar-refractivity contribution is 0.199. The number of aliphatic hydroxyl groups is 1. The standard InChI is InChI=1S/C22H25N3O.C2H6/c1-15-21(11-12-24-22(15)23-3)18-9-7-17(8-10-18)14-25-20-6-4-5-19(13-20)16(2)26;1-2/h4-13,16,25-26H,14H2,1-3H3,(H,23,24);1-2H3. The molecule has 3 rings (SSSR count). The van der Waals surface area contributed by atoms with E-state index in [9.17, 15) is 5.11 Å². The van der Waals surface area contributed by atoms with Gasteiger partial charge in [-0.3, -0.25) is 0 Å². The van der Waals surface area contributed by atoms with Crippen LogP contribution in [0.15, 0.2) is 60.8 Å². The summed E-state index contributed by atoms with van der Waals surface area (Å²) in [5.41, 5.74) is 6.65. The molecule has 148 valence electrons. The summed E-state index contributed by atoms with van der Waals surface area (Å²) in [6, 6.07) is 18.5. The lowest BCUT2D eigenvalue weighted by Crippen LogP contribution is -2.01. The van der Waals surface area contributed by atoms with Gasteiger partial charge in [-0.05, 0) is 59.9 Å². The third kappa shape index (κ3) is 5.33. The van der Waals surface area contributed by atoms with Crippen molar-refractivity contribution in [2.45, 2.75) is 40.3 Å². The van der Waals surface area contributed by atoms with Gasteiger partial charge in [-0.2, -0.15) is 0 Å². The van der Waals surface area contributed by atoms with Crippen LogP contribution in [0, 0.1) is 6.92 Å². The highest BCUT2D eigenvalue weighted by Crippen LogP contribution is 2.27. The number of nitrogens with one attached hydrogen (secondary N) is 2. The van der Waals surface area contributed by atoms with Crippen LogP contribution in [0.3, 0.4) is 0 Å². The van der Waals surface area contributed by atoms with E-state index < -0.39 is 6.10 Å². The van der Waals surface area contributed by atoms with Crippen molar-refractivity contribution in [2.24, 2.45) is 0 Å². The predicted octanol–water partition coefficient (Wildman–Crippen LogP) is 5.79. The van der Waals surface area contributed by atoms with Crippen molar-refractivity contribution in [1.29, 1.82) is 0 Å². The van der Waals surface area contributed by atoms with Gasteiger partial charge in [-0.1, -0.05) is 50.2 Å². The Hall–Kier alpha value is -2.85. The molecule has 0 amide bonds. The van der Waals surface area contributed by atoms with Gasteiger partial charge in [-0.15, -0.1) is 0 Å². The summed E-state index contributed by atoms with van der Waals surface area (Å²) in [6.07, 6.45) is 1.38. The molecule has 0 saturated carbocycles. The molecule has 0 radical (unpaired) electrons. The van der Waals surface area contributed by atoms with E-state index in [-0.39, 0.29) is 0 Å². The summed E-state index contributed by atoms with van der Waals surface area (Å²) in [7, 11) is 1.89. The number of rotatable bonds is 6. The number of aromatic nitrogens is 1. The van der Waals surface area contributed by atoms with Gasteiger partial charge in [0.25, 0.3) is 0 Å². The topological polar surface area (TPSA) is 57.2 Å². The first-order valence-corrected chi connectivity index (χ1v) is 9.83. The minimum atomic E-state index is -0.456. The van der Waals surface area contributed by atoms with Crippen molar-refractivity contribution < 1.29 is 5.11 Å².